The lowest BCUT2D eigenvalue weighted by Crippen LogP contribution is -2.42. The van der Waals surface area contributed by atoms with Gasteiger partial charge in [-0.25, -0.2) is 0 Å². The van der Waals surface area contributed by atoms with E-state index in [-0.39, 0.29) is 5.92 Å². The van der Waals surface area contributed by atoms with Gasteiger partial charge in [0.1, 0.15) is 5.60 Å². The van der Waals surface area contributed by atoms with Gasteiger partial charge in [-0.3, -0.25) is 0 Å². The van der Waals surface area contributed by atoms with Gasteiger partial charge >= 0.3 is 0 Å². The predicted octanol–water partition coefficient (Wildman–Crippen LogP) is 2.44. The van der Waals surface area contributed by atoms with E-state index in [9.17, 15) is 5.11 Å². The molecule has 0 aromatic carbocycles. The van der Waals surface area contributed by atoms with Crippen LogP contribution < -0.4 is 0 Å². The zero-order valence-electron chi connectivity index (χ0n) is 8.88. The van der Waals surface area contributed by atoms with Crippen LogP contribution in [0.4, 0.5) is 0 Å². The molecule has 1 fully saturated rings. The van der Waals surface area contributed by atoms with Crippen molar-refractivity contribution in [3.63, 3.8) is 0 Å². The zero-order chi connectivity index (χ0) is 10.1. The van der Waals surface area contributed by atoms with E-state index in [2.05, 4.69) is 26.7 Å². The minimum atomic E-state index is -0.840. The first-order valence-corrected chi connectivity index (χ1v) is 5.19. The molecule has 0 saturated heterocycles. The summed E-state index contributed by atoms with van der Waals surface area (Å²) >= 11 is 0. The van der Waals surface area contributed by atoms with E-state index in [1.165, 1.54) is 6.42 Å². The summed E-state index contributed by atoms with van der Waals surface area (Å²) in [6.45, 7) is 6.46. The highest BCUT2D eigenvalue weighted by Crippen LogP contribution is 2.39. The summed E-state index contributed by atoms with van der Waals surface area (Å²) in [5, 5.41) is 10.1. The van der Waals surface area contributed by atoms with Gasteiger partial charge in [0.15, 0.2) is 0 Å². The van der Waals surface area contributed by atoms with Crippen molar-refractivity contribution in [1.82, 2.24) is 0 Å². The fourth-order valence-electron chi connectivity index (χ4n) is 2.18. The molecule has 0 heterocycles. The van der Waals surface area contributed by atoms with Gasteiger partial charge in [-0.15, -0.1) is 6.42 Å². The number of aliphatic hydroxyl groups is 1. The van der Waals surface area contributed by atoms with E-state index < -0.39 is 5.60 Å². The standard InChI is InChI=1S/C12H20O/c1-5-12(13)8-11(9(2)3)7-6-10(12)4/h1,9-11,13H,6-8H2,2-4H3/t10-,11+,12-/m1/s1. The van der Waals surface area contributed by atoms with Crippen LogP contribution in [-0.4, -0.2) is 10.7 Å². The summed E-state index contributed by atoms with van der Waals surface area (Å²) in [5.41, 5.74) is -0.840. The Labute approximate surface area is 81.5 Å². The van der Waals surface area contributed by atoms with Crippen LogP contribution in [-0.2, 0) is 0 Å². The van der Waals surface area contributed by atoms with Crippen LogP contribution >= 0.6 is 0 Å². The maximum Gasteiger partial charge on any atom is 0.128 e. The minimum Gasteiger partial charge on any atom is -0.377 e. The Morgan fingerprint density at radius 3 is 2.54 bits per heavy atom. The second-order valence-electron chi connectivity index (χ2n) is 4.76. The molecule has 0 radical (unpaired) electrons. The van der Waals surface area contributed by atoms with E-state index in [4.69, 9.17) is 6.42 Å². The molecule has 13 heavy (non-hydrogen) atoms. The molecule has 0 aromatic heterocycles. The first kappa shape index (κ1) is 10.6. The van der Waals surface area contributed by atoms with Crippen LogP contribution in [0.2, 0.25) is 0 Å². The summed E-state index contributed by atoms with van der Waals surface area (Å²) < 4.78 is 0. The molecule has 0 unspecified atom stereocenters. The van der Waals surface area contributed by atoms with Crippen molar-refractivity contribution in [3.05, 3.63) is 0 Å². The van der Waals surface area contributed by atoms with E-state index in [0.717, 1.165) is 12.8 Å². The Hall–Kier alpha value is -0.480. The summed E-state index contributed by atoms with van der Waals surface area (Å²) in [6, 6.07) is 0. The second kappa shape index (κ2) is 3.72. The van der Waals surface area contributed by atoms with Gasteiger partial charge in [-0.1, -0.05) is 26.7 Å². The van der Waals surface area contributed by atoms with Crippen LogP contribution in [0.25, 0.3) is 0 Å². The van der Waals surface area contributed by atoms with Gasteiger partial charge in [0.25, 0.3) is 0 Å². The van der Waals surface area contributed by atoms with Crippen LogP contribution in [0.15, 0.2) is 0 Å². The van der Waals surface area contributed by atoms with E-state index in [1.807, 2.05) is 0 Å². The molecule has 0 bridgehead atoms. The molecule has 0 aromatic rings. The van der Waals surface area contributed by atoms with Crippen LogP contribution in [0, 0.1) is 30.1 Å². The van der Waals surface area contributed by atoms with Crippen molar-refractivity contribution in [2.75, 3.05) is 0 Å². The Balaban J connectivity index is 2.70. The van der Waals surface area contributed by atoms with Crippen molar-refractivity contribution in [2.24, 2.45) is 17.8 Å². The number of terminal acetylenes is 1. The number of hydrogen-bond acceptors (Lipinski definition) is 1. The molecular formula is C12H20O. The van der Waals surface area contributed by atoms with Crippen molar-refractivity contribution in [3.8, 4) is 12.3 Å². The van der Waals surface area contributed by atoms with E-state index in [1.54, 1.807) is 0 Å². The van der Waals surface area contributed by atoms with Gasteiger partial charge in [0.05, 0.1) is 0 Å². The Morgan fingerprint density at radius 1 is 1.46 bits per heavy atom. The molecule has 1 nitrogen and oxygen atoms in total. The Kier molecular flexibility index (Phi) is 3.03. The lowest BCUT2D eigenvalue weighted by molar-refractivity contribution is -0.0180. The van der Waals surface area contributed by atoms with Crippen molar-refractivity contribution in [1.29, 1.82) is 0 Å². The lowest BCUT2D eigenvalue weighted by atomic mass is 9.69. The quantitative estimate of drug-likeness (QED) is 0.614. The summed E-state index contributed by atoms with van der Waals surface area (Å²) in [6.07, 6.45) is 8.44. The first-order chi connectivity index (χ1) is 5.99. The number of rotatable bonds is 1. The highest BCUT2D eigenvalue weighted by molar-refractivity contribution is 5.12. The maximum absolute atomic E-state index is 10.1. The average molecular weight is 180 g/mol. The second-order valence-corrected chi connectivity index (χ2v) is 4.76. The molecule has 0 aliphatic heterocycles. The van der Waals surface area contributed by atoms with Gasteiger partial charge in [0.2, 0.25) is 0 Å². The molecule has 0 amide bonds. The summed E-state index contributed by atoms with van der Waals surface area (Å²) in [4.78, 5) is 0. The number of hydrogen-bond donors (Lipinski definition) is 1. The molecule has 1 heteroatoms. The molecule has 1 aliphatic carbocycles. The summed E-state index contributed by atoms with van der Waals surface area (Å²) in [5.74, 6) is 4.05. The fourth-order valence-corrected chi connectivity index (χ4v) is 2.18. The molecule has 1 rings (SSSR count). The highest BCUT2D eigenvalue weighted by Gasteiger charge is 2.39. The van der Waals surface area contributed by atoms with Gasteiger partial charge in [0, 0.05) is 0 Å². The molecule has 1 aliphatic rings. The Morgan fingerprint density at radius 2 is 2.08 bits per heavy atom. The van der Waals surface area contributed by atoms with Gasteiger partial charge < -0.3 is 5.11 Å². The van der Waals surface area contributed by atoms with Gasteiger partial charge in [-0.05, 0) is 37.0 Å². The highest BCUT2D eigenvalue weighted by atomic mass is 16.3. The van der Waals surface area contributed by atoms with Crippen molar-refractivity contribution in [2.45, 2.75) is 45.6 Å². The van der Waals surface area contributed by atoms with Crippen molar-refractivity contribution < 1.29 is 5.11 Å². The first-order valence-electron chi connectivity index (χ1n) is 5.19. The summed E-state index contributed by atoms with van der Waals surface area (Å²) in [7, 11) is 0. The fraction of sp³-hybridized carbons (Fsp3) is 0.833. The molecule has 0 spiro atoms. The maximum atomic E-state index is 10.1. The molecule has 1 N–H and O–H groups in total. The third-order valence-corrected chi connectivity index (χ3v) is 3.55. The molecule has 1 saturated carbocycles. The third kappa shape index (κ3) is 2.06. The lowest BCUT2D eigenvalue weighted by Gasteiger charge is -2.39. The molecule has 74 valence electrons. The average Bonchev–Trinajstić information content (AvgIpc) is 2.09. The monoisotopic (exact) mass is 180 g/mol. The molecular weight excluding hydrogens is 160 g/mol. The van der Waals surface area contributed by atoms with Crippen molar-refractivity contribution >= 4 is 0 Å². The normalized spacial score (nSPS) is 40.3. The van der Waals surface area contributed by atoms with E-state index >= 15 is 0 Å². The Bertz CT molecular complexity index is 214. The van der Waals surface area contributed by atoms with Crippen LogP contribution in [0.3, 0.4) is 0 Å². The largest absolute Gasteiger partial charge is 0.377 e. The SMILES string of the molecule is C#C[C@@]1(O)C[C@@H](C(C)C)CC[C@H]1C. The third-order valence-electron chi connectivity index (χ3n) is 3.55. The zero-order valence-corrected chi connectivity index (χ0v) is 8.88. The molecule has 3 atom stereocenters. The smallest absolute Gasteiger partial charge is 0.128 e. The topological polar surface area (TPSA) is 20.2 Å². The predicted molar refractivity (Wildman–Crippen MR) is 55.1 cm³/mol. The van der Waals surface area contributed by atoms with Crippen LogP contribution in [0.1, 0.15) is 40.0 Å². The van der Waals surface area contributed by atoms with E-state index in [0.29, 0.717) is 11.8 Å². The van der Waals surface area contributed by atoms with Gasteiger partial charge in [-0.2, -0.15) is 0 Å². The minimum absolute atomic E-state index is 0.257. The van der Waals surface area contributed by atoms with Crippen LogP contribution in [0.5, 0.6) is 0 Å².